The first-order valence-electron chi connectivity index (χ1n) is 25.7. The molecule has 11 aromatic carbocycles. The van der Waals surface area contributed by atoms with Gasteiger partial charge in [0.2, 0.25) is 0 Å². The molecule has 1 atom stereocenters. The number of para-hydroxylation sites is 3. The molecule has 2 aliphatic rings. The van der Waals surface area contributed by atoms with Gasteiger partial charge in [0.25, 0.3) is 0 Å². The molecular weight excluding hydrogens is 927 g/mol. The Morgan fingerprint density at radius 1 is 0.342 bits per heavy atom. The van der Waals surface area contributed by atoms with E-state index in [1.165, 1.54) is 38.9 Å². The quantitative estimate of drug-likeness (QED) is 0.144. The molecule has 0 aliphatic heterocycles. The highest BCUT2D eigenvalue weighted by Gasteiger charge is 2.54. The number of nitrogens with zero attached hydrogens (tertiary/aromatic N) is 5. The van der Waals surface area contributed by atoms with Crippen LogP contribution in [0.3, 0.4) is 0 Å². The zero-order chi connectivity index (χ0) is 50.2. The SMILES string of the molecule is c1ccc(-c2ccc(N(c3ccc(-c4ccccc4)cc3)c3cc4c(c(N(c5ccccc5)c5cccc6c5oc5ccccc56)c3)C3(c5ccccc5-4)c4ccccc4-c4c(-c5ncncn5)cccc43)cc2)cc1. The van der Waals surface area contributed by atoms with Crippen molar-refractivity contribution in [2.24, 2.45) is 0 Å². The Morgan fingerprint density at radius 2 is 0.855 bits per heavy atom. The van der Waals surface area contributed by atoms with Crippen molar-refractivity contribution in [1.82, 2.24) is 15.0 Å². The van der Waals surface area contributed by atoms with Crippen molar-refractivity contribution in [3.8, 4) is 55.9 Å². The van der Waals surface area contributed by atoms with Crippen LogP contribution < -0.4 is 9.80 Å². The topological polar surface area (TPSA) is 58.3 Å². The van der Waals surface area contributed by atoms with E-state index in [4.69, 9.17) is 14.4 Å². The summed E-state index contributed by atoms with van der Waals surface area (Å²) < 4.78 is 7.02. The maximum atomic E-state index is 7.02. The first-order chi connectivity index (χ1) is 37.7. The lowest BCUT2D eigenvalue weighted by molar-refractivity contribution is 0.669. The van der Waals surface area contributed by atoms with Crippen LogP contribution >= 0.6 is 0 Å². The third-order valence-electron chi connectivity index (χ3n) is 15.5. The zero-order valence-electron chi connectivity index (χ0n) is 41.1. The van der Waals surface area contributed by atoms with Crippen LogP contribution in [0.2, 0.25) is 0 Å². The smallest absolute Gasteiger partial charge is 0.163 e. The first kappa shape index (κ1) is 43.4. The number of fused-ring (bicyclic) bond motifs is 13. The average Bonchev–Trinajstić information content (AvgIpc) is 4.32. The maximum absolute atomic E-state index is 7.02. The molecule has 0 saturated carbocycles. The van der Waals surface area contributed by atoms with Gasteiger partial charge in [0.1, 0.15) is 18.2 Å². The number of hydrogen-bond acceptors (Lipinski definition) is 6. The Labute approximate surface area is 440 Å². The molecule has 0 radical (unpaired) electrons. The normalized spacial score (nSPS) is 13.8. The van der Waals surface area contributed by atoms with Gasteiger partial charge in [-0.25, -0.2) is 15.0 Å². The Hall–Kier alpha value is -10.2. The minimum absolute atomic E-state index is 0.635. The summed E-state index contributed by atoms with van der Waals surface area (Å²) in [6, 6.07) is 94.4. The number of rotatable bonds is 9. The van der Waals surface area contributed by atoms with E-state index in [-0.39, 0.29) is 0 Å². The minimum atomic E-state index is -0.789. The lowest BCUT2D eigenvalue weighted by Crippen LogP contribution is -2.28. The van der Waals surface area contributed by atoms with E-state index in [0.717, 1.165) is 89.4 Å². The van der Waals surface area contributed by atoms with Gasteiger partial charge in [0.05, 0.1) is 16.8 Å². The molecule has 2 heterocycles. The Kier molecular flexibility index (Phi) is 10.0. The summed E-state index contributed by atoms with van der Waals surface area (Å²) in [5, 5.41) is 2.13. The number of anilines is 6. The molecule has 1 unspecified atom stereocenters. The minimum Gasteiger partial charge on any atom is -0.454 e. The molecule has 0 saturated heterocycles. The fourth-order valence-electron chi connectivity index (χ4n) is 12.4. The fraction of sp³-hybridized carbons (Fsp3) is 0.0143. The largest absolute Gasteiger partial charge is 0.454 e. The van der Waals surface area contributed by atoms with Crippen LogP contribution in [0.1, 0.15) is 22.3 Å². The molecule has 0 bridgehead atoms. The molecule has 2 aliphatic carbocycles. The number of furan rings is 1. The van der Waals surface area contributed by atoms with Crippen molar-refractivity contribution in [2.45, 2.75) is 5.41 Å². The van der Waals surface area contributed by atoms with Crippen molar-refractivity contribution in [2.75, 3.05) is 9.80 Å². The number of hydrogen-bond donors (Lipinski definition) is 0. The molecule has 356 valence electrons. The van der Waals surface area contributed by atoms with Crippen LogP contribution in [0.25, 0.3) is 77.8 Å². The first-order valence-corrected chi connectivity index (χ1v) is 25.7. The van der Waals surface area contributed by atoms with Crippen LogP contribution in [0.15, 0.2) is 278 Å². The van der Waals surface area contributed by atoms with Gasteiger partial charge >= 0.3 is 0 Å². The summed E-state index contributed by atoms with van der Waals surface area (Å²) in [4.78, 5) is 18.6. The van der Waals surface area contributed by atoms with Crippen molar-refractivity contribution >= 4 is 56.1 Å². The predicted octanol–water partition coefficient (Wildman–Crippen LogP) is 18.1. The van der Waals surface area contributed by atoms with Gasteiger partial charge in [0.15, 0.2) is 11.4 Å². The molecule has 0 amide bonds. The van der Waals surface area contributed by atoms with E-state index in [2.05, 4.69) is 270 Å². The van der Waals surface area contributed by atoms with Crippen LogP contribution in [0.4, 0.5) is 34.1 Å². The molecule has 1 spiro atoms. The van der Waals surface area contributed by atoms with E-state index in [0.29, 0.717) is 5.82 Å². The number of aromatic nitrogens is 3. The van der Waals surface area contributed by atoms with Crippen molar-refractivity contribution in [3.63, 3.8) is 0 Å². The highest BCUT2D eigenvalue weighted by atomic mass is 16.3. The van der Waals surface area contributed by atoms with Gasteiger partial charge in [-0.2, -0.15) is 0 Å². The molecule has 2 aromatic heterocycles. The van der Waals surface area contributed by atoms with Crippen LogP contribution in [0.5, 0.6) is 0 Å². The maximum Gasteiger partial charge on any atom is 0.163 e. The van der Waals surface area contributed by atoms with Gasteiger partial charge in [-0.05, 0) is 122 Å². The summed E-state index contributed by atoms with van der Waals surface area (Å²) in [5.41, 5.74) is 21.8. The van der Waals surface area contributed by atoms with Gasteiger partial charge in [-0.3, -0.25) is 0 Å². The molecule has 13 aromatic rings. The molecule has 15 rings (SSSR count). The Morgan fingerprint density at radius 3 is 1.54 bits per heavy atom. The van der Waals surface area contributed by atoms with Gasteiger partial charge in [-0.1, -0.05) is 200 Å². The second-order valence-corrected chi connectivity index (χ2v) is 19.5. The van der Waals surface area contributed by atoms with Crippen molar-refractivity contribution in [1.29, 1.82) is 0 Å². The van der Waals surface area contributed by atoms with E-state index >= 15 is 0 Å². The fourth-order valence-corrected chi connectivity index (χ4v) is 12.4. The summed E-state index contributed by atoms with van der Waals surface area (Å²) >= 11 is 0. The van der Waals surface area contributed by atoms with E-state index in [9.17, 15) is 0 Å². The predicted molar refractivity (Wildman–Crippen MR) is 309 cm³/mol. The summed E-state index contributed by atoms with van der Waals surface area (Å²) in [7, 11) is 0. The highest BCUT2D eigenvalue weighted by molar-refractivity contribution is 6.11. The van der Waals surface area contributed by atoms with Crippen LogP contribution in [-0.2, 0) is 5.41 Å². The third kappa shape index (κ3) is 6.64. The molecule has 76 heavy (non-hydrogen) atoms. The lowest BCUT2D eigenvalue weighted by Gasteiger charge is -2.37. The van der Waals surface area contributed by atoms with E-state index in [1.807, 2.05) is 6.07 Å². The van der Waals surface area contributed by atoms with E-state index < -0.39 is 5.41 Å². The summed E-state index contributed by atoms with van der Waals surface area (Å²) in [6.07, 6.45) is 3.18. The van der Waals surface area contributed by atoms with Gasteiger partial charge < -0.3 is 14.2 Å². The Bertz CT molecular complexity index is 4250. The molecule has 0 N–H and O–H groups in total. The molecular formula is C70H45N5O. The zero-order valence-corrected chi connectivity index (χ0v) is 41.1. The standard InChI is InChI=1S/C70H45N5O/c1-4-18-46(19-5-1)48-34-38-51(39-35-48)74(52-40-36-49(37-41-52)47-20-6-2-7-21-47)53-42-59-54-24-10-13-29-60(54)70(61-30-14-11-26-57(61)66-58(28-16-31-62(66)70)69-72-44-71-45-73-69)67(59)64(43-53)75(50-22-8-3-9-23-50)63-32-17-27-56-55-25-12-15-33-65(55)76-68(56)63/h1-45H. The lowest BCUT2D eigenvalue weighted by atomic mass is 9.69. The average molecular weight is 972 g/mol. The third-order valence-corrected chi connectivity index (χ3v) is 15.5. The second-order valence-electron chi connectivity index (χ2n) is 19.5. The Balaban J connectivity index is 1.07. The van der Waals surface area contributed by atoms with Gasteiger partial charge in [-0.15, -0.1) is 0 Å². The summed E-state index contributed by atoms with van der Waals surface area (Å²) in [6.45, 7) is 0. The van der Waals surface area contributed by atoms with Crippen LogP contribution in [-0.4, -0.2) is 15.0 Å². The van der Waals surface area contributed by atoms with E-state index in [1.54, 1.807) is 12.7 Å². The highest BCUT2D eigenvalue weighted by Crippen LogP contribution is 2.67. The summed E-state index contributed by atoms with van der Waals surface area (Å²) in [5.74, 6) is 0.635. The molecule has 6 nitrogen and oxygen atoms in total. The van der Waals surface area contributed by atoms with Crippen LogP contribution in [0, 0.1) is 0 Å². The van der Waals surface area contributed by atoms with Crippen molar-refractivity contribution in [3.05, 3.63) is 296 Å². The molecule has 6 heteroatoms. The van der Waals surface area contributed by atoms with Gasteiger partial charge in [0, 0.05) is 44.6 Å². The number of benzene rings is 11. The second kappa shape index (κ2) is 17.5. The van der Waals surface area contributed by atoms with Crippen molar-refractivity contribution < 1.29 is 4.42 Å². The molecule has 0 fully saturated rings. The monoisotopic (exact) mass is 971 g/mol.